The molecule has 24 heavy (non-hydrogen) atoms. The van der Waals surface area contributed by atoms with Crippen LogP contribution in [0.3, 0.4) is 0 Å². The van der Waals surface area contributed by atoms with Crippen LogP contribution in [0.25, 0.3) is 0 Å². The number of nitrogens with zero attached hydrogens (tertiary/aromatic N) is 1. The minimum absolute atomic E-state index is 0. The number of rotatable bonds is 5. The monoisotopic (exact) mass is 353 g/mol. The van der Waals surface area contributed by atoms with E-state index in [1.54, 1.807) is 18.9 Å². The van der Waals surface area contributed by atoms with Gasteiger partial charge in [0.2, 0.25) is 11.8 Å². The summed E-state index contributed by atoms with van der Waals surface area (Å²) in [6.45, 7) is 2.47. The maximum absolute atomic E-state index is 13.1. The molecule has 0 saturated heterocycles. The second-order valence-electron chi connectivity index (χ2n) is 6.29. The number of anilines is 1. The number of likely N-dealkylation sites (N-methyl/N-ethyl adjacent to an activating group) is 1. The Morgan fingerprint density at radius 2 is 1.79 bits per heavy atom. The van der Waals surface area contributed by atoms with Crippen LogP contribution in [0.2, 0.25) is 0 Å². The van der Waals surface area contributed by atoms with E-state index in [1.807, 2.05) is 30.3 Å². The van der Waals surface area contributed by atoms with E-state index < -0.39 is 6.04 Å². The summed E-state index contributed by atoms with van der Waals surface area (Å²) >= 11 is 0. The molecule has 134 valence electrons. The third-order valence-electron chi connectivity index (χ3n) is 4.81. The SMILES string of the molecule is CNC(=O)[C@H](C)N(C(=O)C1CCC(CN)CC1)c1ccccc1.Cl. The number of nitrogens with one attached hydrogen (secondary N) is 1. The Hall–Kier alpha value is -1.59. The molecule has 0 radical (unpaired) electrons. The maximum Gasteiger partial charge on any atom is 0.242 e. The van der Waals surface area contributed by atoms with Gasteiger partial charge >= 0.3 is 0 Å². The zero-order chi connectivity index (χ0) is 16.8. The van der Waals surface area contributed by atoms with Gasteiger partial charge in [-0.3, -0.25) is 14.5 Å². The van der Waals surface area contributed by atoms with Crippen LogP contribution in [0.15, 0.2) is 30.3 Å². The first-order valence-electron chi connectivity index (χ1n) is 8.38. The van der Waals surface area contributed by atoms with Crippen LogP contribution in [0, 0.1) is 11.8 Å². The molecule has 1 fully saturated rings. The molecule has 0 spiro atoms. The molecule has 2 amide bonds. The molecule has 1 aromatic rings. The summed E-state index contributed by atoms with van der Waals surface area (Å²) in [7, 11) is 1.60. The number of para-hydroxylation sites is 1. The summed E-state index contributed by atoms with van der Waals surface area (Å²) in [4.78, 5) is 26.8. The maximum atomic E-state index is 13.1. The lowest BCUT2D eigenvalue weighted by Crippen LogP contribution is -2.50. The predicted octanol–water partition coefficient (Wildman–Crippen LogP) is 2.34. The first-order chi connectivity index (χ1) is 11.1. The molecule has 6 heteroatoms. The molecule has 0 bridgehead atoms. The lowest BCUT2D eigenvalue weighted by atomic mass is 9.81. The smallest absolute Gasteiger partial charge is 0.242 e. The van der Waals surface area contributed by atoms with Crippen molar-refractivity contribution in [3.8, 4) is 0 Å². The molecular formula is C18H28ClN3O2. The van der Waals surface area contributed by atoms with Gasteiger partial charge in [-0.1, -0.05) is 18.2 Å². The normalized spacial score (nSPS) is 21.3. The van der Waals surface area contributed by atoms with Crippen LogP contribution < -0.4 is 16.0 Å². The molecule has 1 aromatic carbocycles. The van der Waals surface area contributed by atoms with Gasteiger partial charge in [0, 0.05) is 18.7 Å². The van der Waals surface area contributed by atoms with E-state index in [2.05, 4.69) is 5.32 Å². The Morgan fingerprint density at radius 1 is 1.21 bits per heavy atom. The van der Waals surface area contributed by atoms with Crippen molar-refractivity contribution in [3.63, 3.8) is 0 Å². The summed E-state index contributed by atoms with van der Waals surface area (Å²) in [5.74, 6) is 0.395. The van der Waals surface area contributed by atoms with Gasteiger partial charge in [-0.05, 0) is 57.2 Å². The van der Waals surface area contributed by atoms with E-state index in [0.717, 1.165) is 31.4 Å². The van der Waals surface area contributed by atoms with E-state index in [9.17, 15) is 9.59 Å². The molecular weight excluding hydrogens is 326 g/mol. The molecule has 0 aliphatic heterocycles. The molecule has 3 N–H and O–H groups in total. The van der Waals surface area contributed by atoms with Crippen molar-refractivity contribution in [2.24, 2.45) is 17.6 Å². The molecule has 1 atom stereocenters. The number of hydrogen-bond acceptors (Lipinski definition) is 3. The first-order valence-corrected chi connectivity index (χ1v) is 8.38. The molecule has 0 unspecified atom stereocenters. The fourth-order valence-corrected chi connectivity index (χ4v) is 3.30. The number of hydrogen-bond donors (Lipinski definition) is 2. The highest BCUT2D eigenvalue weighted by Crippen LogP contribution is 2.31. The van der Waals surface area contributed by atoms with Crippen molar-refractivity contribution in [1.29, 1.82) is 0 Å². The lowest BCUT2D eigenvalue weighted by molar-refractivity contribution is -0.128. The molecule has 1 saturated carbocycles. The quantitative estimate of drug-likeness (QED) is 0.853. The van der Waals surface area contributed by atoms with E-state index >= 15 is 0 Å². The second kappa shape index (κ2) is 9.64. The van der Waals surface area contributed by atoms with Crippen LogP contribution in [-0.4, -0.2) is 31.4 Å². The summed E-state index contributed by atoms with van der Waals surface area (Å²) in [6, 6.07) is 8.91. The number of benzene rings is 1. The summed E-state index contributed by atoms with van der Waals surface area (Å²) < 4.78 is 0. The summed E-state index contributed by atoms with van der Waals surface area (Å²) in [5.41, 5.74) is 6.51. The van der Waals surface area contributed by atoms with E-state index in [4.69, 9.17) is 5.73 Å². The van der Waals surface area contributed by atoms with Gasteiger partial charge in [-0.2, -0.15) is 0 Å². The van der Waals surface area contributed by atoms with Crippen LogP contribution >= 0.6 is 12.4 Å². The van der Waals surface area contributed by atoms with Gasteiger partial charge in [0.05, 0.1) is 0 Å². The van der Waals surface area contributed by atoms with Crippen molar-refractivity contribution in [2.45, 2.75) is 38.6 Å². The average molecular weight is 354 g/mol. The number of halogens is 1. The number of carbonyl (C=O) groups is 2. The van der Waals surface area contributed by atoms with Gasteiger partial charge in [0.15, 0.2) is 0 Å². The van der Waals surface area contributed by atoms with Crippen LogP contribution in [0.4, 0.5) is 5.69 Å². The van der Waals surface area contributed by atoms with Gasteiger partial charge in [0.1, 0.15) is 6.04 Å². The molecule has 5 nitrogen and oxygen atoms in total. The zero-order valence-electron chi connectivity index (χ0n) is 14.4. The van der Waals surface area contributed by atoms with Crippen LogP contribution in [0.1, 0.15) is 32.6 Å². The fourth-order valence-electron chi connectivity index (χ4n) is 3.30. The Morgan fingerprint density at radius 3 is 2.29 bits per heavy atom. The molecule has 1 aliphatic rings. The Labute approximate surface area is 150 Å². The van der Waals surface area contributed by atoms with Gasteiger partial charge in [-0.15, -0.1) is 12.4 Å². The first kappa shape index (κ1) is 20.5. The Kier molecular flexibility index (Phi) is 8.22. The summed E-state index contributed by atoms with van der Waals surface area (Å²) in [5, 5.41) is 2.64. The van der Waals surface area contributed by atoms with Gasteiger partial charge < -0.3 is 11.1 Å². The standard InChI is InChI=1S/C18H27N3O2.ClH/c1-13(17(22)20-2)21(16-6-4-3-5-7-16)18(23)15-10-8-14(12-19)9-11-15;/h3-7,13-15H,8-12,19H2,1-2H3,(H,20,22);1H/t13-,14?,15?;/m0./s1. The molecule has 2 rings (SSSR count). The number of amides is 2. The minimum atomic E-state index is -0.526. The Balaban J connectivity index is 0.00000288. The fraction of sp³-hybridized carbons (Fsp3) is 0.556. The molecule has 0 aromatic heterocycles. The zero-order valence-corrected chi connectivity index (χ0v) is 15.2. The third-order valence-corrected chi connectivity index (χ3v) is 4.81. The van der Waals surface area contributed by atoms with Crippen molar-refractivity contribution < 1.29 is 9.59 Å². The summed E-state index contributed by atoms with van der Waals surface area (Å²) in [6.07, 6.45) is 3.68. The van der Waals surface area contributed by atoms with E-state index in [1.165, 1.54) is 0 Å². The topological polar surface area (TPSA) is 75.4 Å². The van der Waals surface area contributed by atoms with Gasteiger partial charge in [-0.25, -0.2) is 0 Å². The molecule has 1 aliphatic carbocycles. The predicted molar refractivity (Wildman–Crippen MR) is 99.2 cm³/mol. The van der Waals surface area contributed by atoms with Crippen LogP contribution in [0.5, 0.6) is 0 Å². The number of nitrogens with two attached hydrogens (primary N) is 1. The number of carbonyl (C=O) groups excluding carboxylic acids is 2. The molecule has 0 heterocycles. The average Bonchev–Trinajstić information content (AvgIpc) is 2.62. The Bertz CT molecular complexity index is 530. The van der Waals surface area contributed by atoms with Crippen molar-refractivity contribution in [1.82, 2.24) is 5.32 Å². The van der Waals surface area contributed by atoms with Gasteiger partial charge in [0.25, 0.3) is 0 Å². The van der Waals surface area contributed by atoms with Crippen molar-refractivity contribution in [2.75, 3.05) is 18.5 Å². The van der Waals surface area contributed by atoms with Crippen molar-refractivity contribution in [3.05, 3.63) is 30.3 Å². The van der Waals surface area contributed by atoms with E-state index in [0.29, 0.717) is 12.5 Å². The van der Waals surface area contributed by atoms with Crippen molar-refractivity contribution >= 4 is 29.9 Å². The minimum Gasteiger partial charge on any atom is -0.357 e. The third kappa shape index (κ3) is 4.71. The highest BCUT2D eigenvalue weighted by molar-refractivity contribution is 6.01. The highest BCUT2D eigenvalue weighted by Gasteiger charge is 2.33. The lowest BCUT2D eigenvalue weighted by Gasteiger charge is -2.34. The van der Waals surface area contributed by atoms with Crippen LogP contribution in [-0.2, 0) is 9.59 Å². The largest absolute Gasteiger partial charge is 0.357 e. The van der Waals surface area contributed by atoms with E-state index in [-0.39, 0.29) is 30.1 Å². The second-order valence-corrected chi connectivity index (χ2v) is 6.29. The highest BCUT2D eigenvalue weighted by atomic mass is 35.5.